The molecule has 2 heterocycles. The van der Waals surface area contributed by atoms with Crippen molar-refractivity contribution in [3.05, 3.63) is 28.1 Å². The lowest BCUT2D eigenvalue weighted by molar-refractivity contribution is -0.116. The molecule has 8 heteroatoms. The number of aryl methyl sites for hydroxylation is 1. The molecule has 8 nitrogen and oxygen atoms in total. The van der Waals surface area contributed by atoms with Gasteiger partial charge in [-0.15, -0.1) is 5.10 Å². The minimum absolute atomic E-state index is 0.112. The fourth-order valence-corrected chi connectivity index (χ4v) is 2.52. The van der Waals surface area contributed by atoms with Crippen LogP contribution in [0.2, 0.25) is 0 Å². The third-order valence-electron chi connectivity index (χ3n) is 3.82. The highest BCUT2D eigenvalue weighted by Crippen LogP contribution is 2.23. The number of likely N-dealkylation sites (N-methyl/N-ethyl adjacent to an activating group) is 1. The van der Waals surface area contributed by atoms with E-state index in [9.17, 15) is 9.59 Å². The summed E-state index contributed by atoms with van der Waals surface area (Å²) in [5.41, 5.74) is 5.24. The summed E-state index contributed by atoms with van der Waals surface area (Å²) in [5.74, 6) is -0.486. The first kappa shape index (κ1) is 19.7. The molecule has 0 fully saturated rings. The molecule has 0 saturated heterocycles. The number of esters is 1. The molecule has 1 amide bonds. The molecule has 0 spiro atoms. The number of ether oxygens (including phenoxy) is 2. The first-order valence-electron chi connectivity index (χ1n) is 8.48. The Labute approximate surface area is 153 Å². The van der Waals surface area contributed by atoms with Crippen molar-refractivity contribution in [1.29, 1.82) is 0 Å². The minimum atomic E-state index is -0.383. The average molecular weight is 362 g/mol. The molecule has 1 aliphatic rings. The van der Waals surface area contributed by atoms with E-state index in [2.05, 4.69) is 15.5 Å². The van der Waals surface area contributed by atoms with Gasteiger partial charge in [-0.25, -0.2) is 10.2 Å². The molecule has 2 N–H and O–H groups in total. The Balaban J connectivity index is 2.25. The second-order valence-electron chi connectivity index (χ2n) is 6.69. The van der Waals surface area contributed by atoms with Gasteiger partial charge in [-0.1, -0.05) is 0 Å². The van der Waals surface area contributed by atoms with Gasteiger partial charge in [-0.2, -0.15) is 0 Å². The molecular weight excluding hydrogens is 336 g/mol. The van der Waals surface area contributed by atoms with E-state index < -0.39 is 0 Å². The Morgan fingerprint density at radius 1 is 1.31 bits per heavy atom. The Bertz CT molecular complexity index is 759. The molecule has 2 rings (SSSR count). The van der Waals surface area contributed by atoms with Crippen LogP contribution in [-0.2, 0) is 14.3 Å². The molecule has 1 aromatic heterocycles. The molecule has 0 radical (unpaired) electrons. The number of aromatic amines is 1. The van der Waals surface area contributed by atoms with E-state index in [0.717, 1.165) is 0 Å². The van der Waals surface area contributed by atoms with Crippen LogP contribution in [0, 0.1) is 13.8 Å². The molecule has 142 valence electrons. The lowest BCUT2D eigenvalue weighted by Gasteiger charge is -2.10. The smallest absolute Gasteiger partial charge is 0.340 e. The second kappa shape index (κ2) is 8.18. The standard InChI is InChI=1S/C18H26N4O4/c1-10(2)26-17-13(16(23)20-21-17)9-14-11(3)15(12(4)19-14)18(24)25-8-7-22(5)6/h9-10,19H,7-8H2,1-6H3,(H,20,23). The molecule has 0 bridgehead atoms. The molecule has 26 heavy (non-hydrogen) atoms. The lowest BCUT2D eigenvalue weighted by Crippen LogP contribution is -2.20. The van der Waals surface area contributed by atoms with Gasteiger partial charge in [0, 0.05) is 17.9 Å². The lowest BCUT2D eigenvalue weighted by atomic mass is 10.1. The van der Waals surface area contributed by atoms with Crippen molar-refractivity contribution in [3.63, 3.8) is 0 Å². The first-order chi connectivity index (χ1) is 12.2. The third-order valence-corrected chi connectivity index (χ3v) is 3.82. The number of hydrogen-bond acceptors (Lipinski definition) is 6. The third kappa shape index (κ3) is 4.51. The Kier molecular flexibility index (Phi) is 6.20. The average Bonchev–Trinajstić information content (AvgIpc) is 3.00. The fraction of sp³-hybridized carbons (Fsp3) is 0.500. The van der Waals surface area contributed by atoms with Gasteiger partial charge < -0.3 is 19.4 Å². The molecule has 0 aliphatic carbocycles. The summed E-state index contributed by atoms with van der Waals surface area (Å²) in [6, 6.07) is 0. The zero-order valence-electron chi connectivity index (χ0n) is 16.1. The first-order valence-corrected chi connectivity index (χ1v) is 8.48. The number of carbonyl (C=O) groups excluding carboxylic acids is 2. The molecule has 0 aromatic carbocycles. The zero-order chi connectivity index (χ0) is 19.4. The van der Waals surface area contributed by atoms with Crippen molar-refractivity contribution in [3.8, 4) is 0 Å². The summed E-state index contributed by atoms with van der Waals surface area (Å²) in [4.78, 5) is 29.5. The van der Waals surface area contributed by atoms with Gasteiger partial charge in [-0.05, 0) is 53.4 Å². The van der Waals surface area contributed by atoms with E-state index in [0.29, 0.717) is 41.2 Å². The summed E-state index contributed by atoms with van der Waals surface area (Å²) >= 11 is 0. The summed E-state index contributed by atoms with van der Waals surface area (Å²) in [6.45, 7) is 8.28. The van der Waals surface area contributed by atoms with Crippen molar-refractivity contribution < 1.29 is 19.1 Å². The van der Waals surface area contributed by atoms with Crippen LogP contribution < -0.4 is 5.43 Å². The van der Waals surface area contributed by atoms with Gasteiger partial charge in [0.25, 0.3) is 5.91 Å². The molecule has 0 unspecified atom stereocenters. The monoisotopic (exact) mass is 362 g/mol. The van der Waals surface area contributed by atoms with Crippen molar-refractivity contribution in [2.45, 2.75) is 33.8 Å². The van der Waals surface area contributed by atoms with Gasteiger partial charge in [0.15, 0.2) is 0 Å². The number of nitrogens with one attached hydrogen (secondary N) is 2. The second-order valence-corrected chi connectivity index (χ2v) is 6.69. The summed E-state index contributed by atoms with van der Waals surface area (Å²) in [6.07, 6.45) is 1.53. The van der Waals surface area contributed by atoms with E-state index >= 15 is 0 Å². The zero-order valence-corrected chi connectivity index (χ0v) is 16.1. The number of aromatic nitrogens is 1. The van der Waals surface area contributed by atoms with Crippen LogP contribution in [-0.4, -0.2) is 61.0 Å². The van der Waals surface area contributed by atoms with E-state index in [1.807, 2.05) is 39.8 Å². The maximum absolute atomic E-state index is 12.4. The largest absolute Gasteiger partial charge is 0.473 e. The van der Waals surface area contributed by atoms with Crippen LogP contribution in [0.4, 0.5) is 0 Å². The fourth-order valence-electron chi connectivity index (χ4n) is 2.52. The molecule has 0 atom stereocenters. The van der Waals surface area contributed by atoms with Gasteiger partial charge in [0.2, 0.25) is 5.90 Å². The van der Waals surface area contributed by atoms with Crippen LogP contribution in [0.3, 0.4) is 0 Å². The van der Waals surface area contributed by atoms with Crippen molar-refractivity contribution >= 4 is 23.9 Å². The maximum atomic E-state index is 12.4. The van der Waals surface area contributed by atoms with Crippen LogP contribution in [0.1, 0.15) is 41.2 Å². The maximum Gasteiger partial charge on any atom is 0.340 e. The normalized spacial score (nSPS) is 15.6. The Morgan fingerprint density at radius 3 is 2.62 bits per heavy atom. The topological polar surface area (TPSA) is 96.0 Å². The molecule has 0 saturated carbocycles. The van der Waals surface area contributed by atoms with Gasteiger partial charge in [0.05, 0.1) is 11.7 Å². The van der Waals surface area contributed by atoms with E-state index in [4.69, 9.17) is 9.47 Å². The highest BCUT2D eigenvalue weighted by Gasteiger charge is 2.27. The SMILES string of the molecule is Cc1[nH]c(C=C2C(=O)NN=C2OC(C)C)c(C)c1C(=O)OCCN(C)C. The number of H-pyrrole nitrogens is 1. The number of hydrogen-bond donors (Lipinski definition) is 2. The van der Waals surface area contributed by atoms with E-state index in [1.54, 1.807) is 13.0 Å². The predicted octanol–water partition coefficient (Wildman–Crippen LogP) is 1.60. The molecule has 1 aromatic rings. The Hall–Kier alpha value is -2.61. The Morgan fingerprint density at radius 2 is 2.00 bits per heavy atom. The van der Waals surface area contributed by atoms with Crippen LogP contribution in [0.15, 0.2) is 10.7 Å². The minimum Gasteiger partial charge on any atom is -0.473 e. The van der Waals surface area contributed by atoms with Crippen LogP contribution in [0.25, 0.3) is 6.08 Å². The summed E-state index contributed by atoms with van der Waals surface area (Å²) in [7, 11) is 3.83. The van der Waals surface area contributed by atoms with Crippen molar-refractivity contribution in [2.24, 2.45) is 5.10 Å². The van der Waals surface area contributed by atoms with E-state index in [1.165, 1.54) is 0 Å². The number of amides is 1. The highest BCUT2D eigenvalue weighted by atomic mass is 16.5. The quantitative estimate of drug-likeness (QED) is 0.592. The van der Waals surface area contributed by atoms with Crippen molar-refractivity contribution in [2.75, 3.05) is 27.2 Å². The number of carbonyl (C=O) groups is 2. The van der Waals surface area contributed by atoms with Gasteiger partial charge in [-0.3, -0.25) is 4.79 Å². The van der Waals surface area contributed by atoms with Gasteiger partial charge in [0.1, 0.15) is 12.2 Å². The highest BCUT2D eigenvalue weighted by molar-refractivity contribution is 6.24. The number of rotatable bonds is 6. The van der Waals surface area contributed by atoms with Crippen molar-refractivity contribution in [1.82, 2.24) is 15.3 Å². The molecular formula is C18H26N4O4. The molecule has 1 aliphatic heterocycles. The predicted molar refractivity (Wildman–Crippen MR) is 98.9 cm³/mol. The van der Waals surface area contributed by atoms with Crippen LogP contribution in [0.5, 0.6) is 0 Å². The van der Waals surface area contributed by atoms with E-state index in [-0.39, 0.29) is 23.9 Å². The van der Waals surface area contributed by atoms with Gasteiger partial charge >= 0.3 is 5.97 Å². The van der Waals surface area contributed by atoms with Crippen LogP contribution >= 0.6 is 0 Å². The summed E-state index contributed by atoms with van der Waals surface area (Å²) < 4.78 is 10.9. The summed E-state index contributed by atoms with van der Waals surface area (Å²) in [5, 5.41) is 3.90. The number of hydrazone groups is 1. The number of nitrogens with zero attached hydrogens (tertiary/aromatic N) is 2.